The highest BCUT2D eigenvalue weighted by atomic mass is 32.1. The normalized spacial score (nSPS) is 14.7. The Balaban J connectivity index is 2.02. The van der Waals surface area contributed by atoms with E-state index in [2.05, 4.69) is 16.0 Å². The van der Waals surface area contributed by atoms with Crippen molar-refractivity contribution in [3.63, 3.8) is 0 Å². The van der Waals surface area contributed by atoms with Gasteiger partial charge in [0.1, 0.15) is 6.61 Å². The van der Waals surface area contributed by atoms with Crippen LogP contribution in [0.25, 0.3) is 0 Å². The summed E-state index contributed by atoms with van der Waals surface area (Å²) in [5.41, 5.74) is 0.374. The molecule has 1 unspecified atom stereocenters. The Labute approximate surface area is 160 Å². The SMILES string of the molecule is CCOC(=O)C1=C(COC(=O)CC(NC(C)=O)c2cccs2)NC(=O)NC1. The molecule has 1 aliphatic rings. The minimum Gasteiger partial charge on any atom is -0.463 e. The van der Waals surface area contributed by atoms with Crippen LogP contribution in [-0.4, -0.2) is 43.6 Å². The van der Waals surface area contributed by atoms with E-state index < -0.39 is 24.0 Å². The number of carbonyl (C=O) groups is 4. The van der Waals surface area contributed by atoms with E-state index >= 15 is 0 Å². The van der Waals surface area contributed by atoms with Crippen molar-refractivity contribution in [2.24, 2.45) is 0 Å². The van der Waals surface area contributed by atoms with Gasteiger partial charge in [-0.3, -0.25) is 9.59 Å². The summed E-state index contributed by atoms with van der Waals surface area (Å²) in [5.74, 6) is -1.43. The Morgan fingerprint density at radius 1 is 1.33 bits per heavy atom. The molecule has 0 aliphatic carbocycles. The van der Waals surface area contributed by atoms with Crippen LogP contribution in [0.1, 0.15) is 31.2 Å². The van der Waals surface area contributed by atoms with Crippen molar-refractivity contribution < 1.29 is 28.7 Å². The van der Waals surface area contributed by atoms with Crippen LogP contribution in [-0.2, 0) is 23.9 Å². The molecule has 1 atom stereocenters. The van der Waals surface area contributed by atoms with Crippen molar-refractivity contribution in [2.45, 2.75) is 26.3 Å². The summed E-state index contributed by atoms with van der Waals surface area (Å²) in [6.07, 6.45) is -0.0751. The predicted molar refractivity (Wildman–Crippen MR) is 96.6 cm³/mol. The molecule has 9 nitrogen and oxygen atoms in total. The molecule has 1 aromatic rings. The number of esters is 2. The van der Waals surface area contributed by atoms with E-state index in [0.717, 1.165) is 4.88 Å². The summed E-state index contributed by atoms with van der Waals surface area (Å²) in [5, 5.41) is 9.47. The van der Waals surface area contributed by atoms with E-state index in [1.807, 2.05) is 17.5 Å². The van der Waals surface area contributed by atoms with Gasteiger partial charge in [0.15, 0.2) is 0 Å². The van der Waals surface area contributed by atoms with Gasteiger partial charge in [0.05, 0.1) is 36.9 Å². The van der Waals surface area contributed by atoms with Gasteiger partial charge < -0.3 is 25.4 Å². The summed E-state index contributed by atoms with van der Waals surface area (Å²) in [6, 6.07) is 2.63. The van der Waals surface area contributed by atoms with Crippen molar-refractivity contribution in [1.29, 1.82) is 0 Å². The average Bonchev–Trinajstić information content (AvgIpc) is 3.14. The molecule has 3 amide bonds. The molecule has 0 aromatic carbocycles. The maximum Gasteiger partial charge on any atom is 0.337 e. The first-order chi connectivity index (χ1) is 12.9. The molecule has 1 aromatic heterocycles. The molecular weight excluding hydrogens is 374 g/mol. The summed E-state index contributed by atoms with van der Waals surface area (Å²) >= 11 is 1.41. The van der Waals surface area contributed by atoms with Crippen LogP contribution >= 0.6 is 11.3 Å². The van der Waals surface area contributed by atoms with Gasteiger partial charge in [0, 0.05) is 11.8 Å². The van der Waals surface area contributed by atoms with E-state index in [1.54, 1.807) is 6.92 Å². The van der Waals surface area contributed by atoms with Gasteiger partial charge in [-0.15, -0.1) is 11.3 Å². The van der Waals surface area contributed by atoms with Crippen LogP contribution in [0.3, 0.4) is 0 Å². The maximum atomic E-state index is 12.2. The minimum absolute atomic E-state index is 0.0126. The third kappa shape index (κ3) is 6.10. The molecule has 146 valence electrons. The number of amides is 3. The van der Waals surface area contributed by atoms with Crippen LogP contribution in [0.4, 0.5) is 4.79 Å². The van der Waals surface area contributed by atoms with E-state index in [-0.39, 0.29) is 43.4 Å². The number of nitrogens with one attached hydrogen (secondary N) is 3. The summed E-state index contributed by atoms with van der Waals surface area (Å²) in [4.78, 5) is 47.9. The second kappa shape index (κ2) is 9.72. The zero-order chi connectivity index (χ0) is 19.8. The molecule has 0 fully saturated rings. The molecule has 3 N–H and O–H groups in total. The lowest BCUT2D eigenvalue weighted by molar-refractivity contribution is -0.144. The lowest BCUT2D eigenvalue weighted by atomic mass is 10.1. The van der Waals surface area contributed by atoms with Crippen LogP contribution < -0.4 is 16.0 Å². The zero-order valence-electron chi connectivity index (χ0n) is 15.0. The molecular formula is C17H21N3O6S. The molecule has 10 heteroatoms. The number of rotatable bonds is 8. The molecule has 27 heavy (non-hydrogen) atoms. The fourth-order valence-electron chi connectivity index (χ4n) is 2.40. The van der Waals surface area contributed by atoms with Gasteiger partial charge in [0.2, 0.25) is 5.91 Å². The van der Waals surface area contributed by atoms with Gasteiger partial charge in [-0.25, -0.2) is 9.59 Å². The Bertz CT molecular complexity index is 744. The van der Waals surface area contributed by atoms with Gasteiger partial charge in [-0.2, -0.15) is 0 Å². The topological polar surface area (TPSA) is 123 Å². The minimum atomic E-state index is -0.592. The van der Waals surface area contributed by atoms with Crippen molar-refractivity contribution in [3.8, 4) is 0 Å². The second-order valence-electron chi connectivity index (χ2n) is 5.62. The first kappa shape index (κ1) is 20.4. The van der Waals surface area contributed by atoms with Crippen molar-refractivity contribution in [2.75, 3.05) is 19.8 Å². The fourth-order valence-corrected chi connectivity index (χ4v) is 3.18. The van der Waals surface area contributed by atoms with Gasteiger partial charge in [0.25, 0.3) is 0 Å². The monoisotopic (exact) mass is 395 g/mol. The first-order valence-corrected chi connectivity index (χ1v) is 9.18. The Morgan fingerprint density at radius 2 is 2.11 bits per heavy atom. The third-order valence-electron chi connectivity index (χ3n) is 3.59. The van der Waals surface area contributed by atoms with E-state index in [4.69, 9.17) is 9.47 Å². The smallest absolute Gasteiger partial charge is 0.337 e. The van der Waals surface area contributed by atoms with Gasteiger partial charge in [-0.05, 0) is 18.4 Å². The summed E-state index contributed by atoms with van der Waals surface area (Å²) in [7, 11) is 0. The molecule has 0 spiro atoms. The number of carbonyl (C=O) groups excluding carboxylic acids is 4. The maximum absolute atomic E-state index is 12.2. The largest absolute Gasteiger partial charge is 0.463 e. The Kier molecular flexibility index (Phi) is 7.35. The van der Waals surface area contributed by atoms with Gasteiger partial charge in [-0.1, -0.05) is 6.07 Å². The van der Waals surface area contributed by atoms with Crippen LogP contribution in [0.5, 0.6) is 0 Å². The van der Waals surface area contributed by atoms with Crippen LogP contribution in [0.15, 0.2) is 28.8 Å². The lowest BCUT2D eigenvalue weighted by Crippen LogP contribution is -2.45. The highest BCUT2D eigenvalue weighted by Gasteiger charge is 2.25. The van der Waals surface area contributed by atoms with Crippen LogP contribution in [0.2, 0.25) is 0 Å². The van der Waals surface area contributed by atoms with Crippen LogP contribution in [0, 0.1) is 0 Å². The standard InChI is InChI=1S/C17H21N3O6S/c1-3-25-16(23)11-8-18-17(24)20-13(11)9-26-15(22)7-12(19-10(2)21)14-5-4-6-27-14/h4-6,12H,3,7-9H2,1-2H3,(H,19,21)(H2,18,20,24). The Morgan fingerprint density at radius 3 is 2.74 bits per heavy atom. The molecule has 2 heterocycles. The molecule has 0 bridgehead atoms. The number of ether oxygens (including phenoxy) is 2. The molecule has 0 saturated heterocycles. The highest BCUT2D eigenvalue weighted by Crippen LogP contribution is 2.22. The van der Waals surface area contributed by atoms with Gasteiger partial charge >= 0.3 is 18.0 Å². The predicted octanol–water partition coefficient (Wildman–Crippen LogP) is 0.989. The Hall–Kier alpha value is -2.88. The lowest BCUT2D eigenvalue weighted by Gasteiger charge is -2.21. The molecule has 0 radical (unpaired) electrons. The first-order valence-electron chi connectivity index (χ1n) is 8.30. The third-order valence-corrected chi connectivity index (χ3v) is 4.57. The van der Waals surface area contributed by atoms with E-state index in [0.29, 0.717) is 0 Å². The molecule has 0 saturated carbocycles. The van der Waals surface area contributed by atoms with Crippen molar-refractivity contribution in [3.05, 3.63) is 33.7 Å². The van der Waals surface area contributed by atoms with Crippen molar-refractivity contribution in [1.82, 2.24) is 16.0 Å². The van der Waals surface area contributed by atoms with Crippen molar-refractivity contribution >= 4 is 35.2 Å². The average molecular weight is 395 g/mol. The zero-order valence-corrected chi connectivity index (χ0v) is 15.8. The number of urea groups is 1. The van der Waals surface area contributed by atoms with E-state index in [9.17, 15) is 19.2 Å². The van der Waals surface area contributed by atoms with E-state index in [1.165, 1.54) is 18.3 Å². The number of hydrogen-bond donors (Lipinski definition) is 3. The molecule has 1 aliphatic heterocycles. The molecule has 2 rings (SSSR count). The highest BCUT2D eigenvalue weighted by molar-refractivity contribution is 7.10. The summed E-state index contributed by atoms with van der Waals surface area (Å²) in [6.45, 7) is 2.92. The fraction of sp³-hybridized carbons (Fsp3) is 0.412. The number of hydrogen-bond acceptors (Lipinski definition) is 7. The number of thiophene rings is 1. The summed E-state index contributed by atoms with van der Waals surface area (Å²) < 4.78 is 10.1. The second-order valence-corrected chi connectivity index (χ2v) is 6.60. The quantitative estimate of drug-likeness (QED) is 0.564.